The highest BCUT2D eigenvalue weighted by Crippen LogP contribution is 2.33. The zero-order chi connectivity index (χ0) is 21.6. The Hall–Kier alpha value is -2.69. The molecule has 9 nitrogen and oxygen atoms in total. The number of hydrogen-bond acceptors (Lipinski definition) is 7. The lowest BCUT2D eigenvalue weighted by atomic mass is 10.2. The van der Waals surface area contributed by atoms with E-state index in [9.17, 15) is 24.5 Å². The third kappa shape index (κ3) is 5.89. The summed E-state index contributed by atoms with van der Waals surface area (Å²) in [4.78, 5) is 47.9. The average molecular weight is 440 g/mol. The lowest BCUT2D eigenvalue weighted by Crippen LogP contribution is -2.41. The summed E-state index contributed by atoms with van der Waals surface area (Å²) >= 11 is 6.49. The van der Waals surface area contributed by atoms with E-state index in [0.717, 1.165) is 16.7 Å². The molecule has 0 saturated carbocycles. The van der Waals surface area contributed by atoms with Gasteiger partial charge in [0.25, 0.3) is 16.8 Å². The zero-order valence-corrected chi connectivity index (χ0v) is 17.0. The van der Waals surface area contributed by atoms with Gasteiger partial charge < -0.3 is 10.1 Å². The van der Waals surface area contributed by atoms with Gasteiger partial charge in [-0.25, -0.2) is 0 Å². The molecule has 0 aliphatic carbocycles. The van der Waals surface area contributed by atoms with Crippen LogP contribution in [0.5, 0.6) is 0 Å². The van der Waals surface area contributed by atoms with Crippen LogP contribution in [0.3, 0.4) is 0 Å². The number of thioether (sulfide) groups is 1. The van der Waals surface area contributed by atoms with E-state index in [-0.39, 0.29) is 41.2 Å². The lowest BCUT2D eigenvalue weighted by Gasteiger charge is -2.15. The number of rotatable bonds is 9. The first-order valence-electron chi connectivity index (χ1n) is 8.44. The van der Waals surface area contributed by atoms with E-state index in [0.29, 0.717) is 5.56 Å². The van der Waals surface area contributed by atoms with Crippen molar-refractivity contribution in [1.29, 1.82) is 0 Å². The molecule has 154 valence electrons. The number of carbonyl (C=O) groups is 3. The first kappa shape index (κ1) is 22.6. The Kier molecular flexibility index (Phi) is 7.94. The van der Waals surface area contributed by atoms with Crippen molar-refractivity contribution >= 4 is 52.2 Å². The second-order valence-electron chi connectivity index (χ2n) is 5.86. The van der Waals surface area contributed by atoms with Crippen molar-refractivity contribution in [1.82, 2.24) is 10.2 Å². The molecule has 11 heteroatoms. The highest BCUT2D eigenvalue weighted by Gasteiger charge is 2.34. The summed E-state index contributed by atoms with van der Waals surface area (Å²) in [5.74, 6) is -0.911. The summed E-state index contributed by atoms with van der Waals surface area (Å²) in [6.45, 7) is 5.35. The van der Waals surface area contributed by atoms with Crippen LogP contribution in [-0.4, -0.2) is 52.7 Å². The maximum absolute atomic E-state index is 12.5. The van der Waals surface area contributed by atoms with Gasteiger partial charge in [0.1, 0.15) is 11.1 Å². The van der Waals surface area contributed by atoms with Crippen molar-refractivity contribution < 1.29 is 24.0 Å². The third-order valence-electron chi connectivity index (χ3n) is 3.81. The fourth-order valence-electron chi connectivity index (χ4n) is 2.33. The maximum atomic E-state index is 12.5. The van der Waals surface area contributed by atoms with E-state index in [1.54, 1.807) is 6.92 Å². The fourth-order valence-corrected chi connectivity index (χ4v) is 3.38. The van der Waals surface area contributed by atoms with Crippen LogP contribution in [-0.2, 0) is 14.3 Å². The molecule has 0 spiro atoms. The van der Waals surface area contributed by atoms with Gasteiger partial charge >= 0.3 is 0 Å². The summed E-state index contributed by atoms with van der Waals surface area (Å²) in [6, 6.07) is 4.08. The Morgan fingerprint density at radius 3 is 2.86 bits per heavy atom. The predicted molar refractivity (Wildman–Crippen MR) is 109 cm³/mol. The molecule has 0 aromatic heterocycles. The molecule has 0 radical (unpaired) electrons. The highest BCUT2D eigenvalue weighted by molar-refractivity contribution is 8.18. The number of nitro groups is 1. The number of benzene rings is 1. The molecule has 1 N–H and O–H groups in total. The van der Waals surface area contributed by atoms with E-state index in [4.69, 9.17) is 16.3 Å². The molecule has 2 rings (SSSR count). The monoisotopic (exact) mass is 439 g/mol. The summed E-state index contributed by atoms with van der Waals surface area (Å²) in [5.41, 5.74) is 0.0724. The minimum atomic E-state index is -0.691. The molecule has 1 atom stereocenters. The third-order valence-corrected chi connectivity index (χ3v) is 5.03. The first-order valence-corrected chi connectivity index (χ1v) is 9.63. The van der Waals surface area contributed by atoms with Gasteiger partial charge in [-0.15, -0.1) is 6.58 Å². The molecule has 1 aromatic carbocycles. The zero-order valence-electron chi connectivity index (χ0n) is 15.4. The minimum absolute atomic E-state index is 0.0112. The van der Waals surface area contributed by atoms with Crippen molar-refractivity contribution in [3.8, 4) is 0 Å². The number of amides is 3. The van der Waals surface area contributed by atoms with Crippen molar-refractivity contribution in [3.63, 3.8) is 0 Å². The molecule has 1 aliphatic rings. The van der Waals surface area contributed by atoms with Crippen LogP contribution in [0.4, 0.5) is 10.5 Å². The van der Waals surface area contributed by atoms with E-state index in [1.165, 1.54) is 30.4 Å². The van der Waals surface area contributed by atoms with Gasteiger partial charge in [-0.3, -0.25) is 29.4 Å². The number of nitrogens with one attached hydrogen (secondary N) is 1. The maximum Gasteiger partial charge on any atom is 0.293 e. The number of imide groups is 1. The minimum Gasteiger partial charge on any atom is -0.365 e. The van der Waals surface area contributed by atoms with Crippen molar-refractivity contribution in [2.75, 3.05) is 19.7 Å². The summed E-state index contributed by atoms with van der Waals surface area (Å²) in [7, 11) is 0. The quantitative estimate of drug-likeness (QED) is 0.272. The molecular weight excluding hydrogens is 422 g/mol. The van der Waals surface area contributed by atoms with Crippen LogP contribution in [0.25, 0.3) is 6.08 Å². The molecule has 1 aromatic rings. The van der Waals surface area contributed by atoms with Crippen LogP contribution in [0.15, 0.2) is 35.8 Å². The Bertz CT molecular complexity index is 888. The van der Waals surface area contributed by atoms with Crippen LogP contribution >= 0.6 is 23.4 Å². The van der Waals surface area contributed by atoms with Crippen molar-refractivity contribution in [3.05, 3.63) is 56.5 Å². The number of carbonyl (C=O) groups excluding carboxylic acids is 3. The highest BCUT2D eigenvalue weighted by atomic mass is 35.5. The Balaban J connectivity index is 2.00. The molecular formula is C18H18ClN3O6S. The molecule has 0 bridgehead atoms. The van der Waals surface area contributed by atoms with E-state index >= 15 is 0 Å². The van der Waals surface area contributed by atoms with Gasteiger partial charge in [-0.1, -0.05) is 23.7 Å². The van der Waals surface area contributed by atoms with Crippen LogP contribution < -0.4 is 5.32 Å². The van der Waals surface area contributed by atoms with Gasteiger partial charge in [-0.2, -0.15) is 0 Å². The van der Waals surface area contributed by atoms with Crippen molar-refractivity contribution in [2.24, 2.45) is 0 Å². The molecule has 1 fully saturated rings. The SMILES string of the molecule is C=CCOC(C)C(=O)NCCN1C(=O)S/C(=C/c2ccc(Cl)c([N+](=O)[O-])c2)C1=O. The largest absolute Gasteiger partial charge is 0.365 e. The summed E-state index contributed by atoms with van der Waals surface area (Å²) < 4.78 is 5.19. The molecule has 1 heterocycles. The molecule has 3 amide bonds. The predicted octanol–water partition coefficient (Wildman–Crippen LogP) is 2.99. The fraction of sp³-hybridized carbons (Fsp3) is 0.278. The second kappa shape index (κ2) is 10.2. The number of nitrogens with zero attached hydrogens (tertiary/aromatic N) is 2. The molecule has 29 heavy (non-hydrogen) atoms. The Labute approximate surface area is 175 Å². The van der Waals surface area contributed by atoms with Gasteiger partial charge in [0.15, 0.2) is 0 Å². The Morgan fingerprint density at radius 1 is 1.48 bits per heavy atom. The van der Waals surface area contributed by atoms with Gasteiger partial charge in [0.05, 0.1) is 16.4 Å². The lowest BCUT2D eigenvalue weighted by molar-refractivity contribution is -0.384. The van der Waals surface area contributed by atoms with Crippen LogP contribution in [0.1, 0.15) is 12.5 Å². The van der Waals surface area contributed by atoms with E-state index in [1.807, 2.05) is 0 Å². The molecule has 1 aliphatic heterocycles. The first-order chi connectivity index (χ1) is 13.7. The Morgan fingerprint density at radius 2 is 2.21 bits per heavy atom. The summed E-state index contributed by atoms with van der Waals surface area (Å²) in [6.07, 6.45) is 2.22. The van der Waals surface area contributed by atoms with Crippen LogP contribution in [0, 0.1) is 10.1 Å². The summed E-state index contributed by atoms with van der Waals surface area (Å²) in [5, 5.41) is 13.0. The molecule has 1 unspecified atom stereocenters. The smallest absolute Gasteiger partial charge is 0.293 e. The topological polar surface area (TPSA) is 119 Å². The van der Waals surface area contributed by atoms with Gasteiger partial charge in [0.2, 0.25) is 5.91 Å². The number of halogens is 1. The standard InChI is InChI=1S/C18H18ClN3O6S/c1-3-8-28-11(2)16(23)20-6-7-21-17(24)15(29-18(21)25)10-12-4-5-13(19)14(9-12)22(26)27/h3-5,9-11H,1,6-8H2,2H3,(H,20,23)/b15-10+. The average Bonchev–Trinajstić information content (AvgIpc) is 2.94. The van der Waals surface area contributed by atoms with Gasteiger partial charge in [0, 0.05) is 19.2 Å². The van der Waals surface area contributed by atoms with Gasteiger partial charge in [-0.05, 0) is 36.4 Å². The van der Waals surface area contributed by atoms with E-state index < -0.39 is 22.2 Å². The van der Waals surface area contributed by atoms with Crippen molar-refractivity contribution in [2.45, 2.75) is 13.0 Å². The second-order valence-corrected chi connectivity index (χ2v) is 7.26. The number of ether oxygens (including phenoxy) is 1. The number of nitro benzene ring substituents is 1. The number of hydrogen-bond donors (Lipinski definition) is 1. The van der Waals surface area contributed by atoms with Crippen LogP contribution in [0.2, 0.25) is 5.02 Å². The van der Waals surface area contributed by atoms with E-state index in [2.05, 4.69) is 11.9 Å². The normalized spacial score (nSPS) is 16.2. The molecule has 1 saturated heterocycles.